The first-order valence-corrected chi connectivity index (χ1v) is 2.94. The van der Waals surface area contributed by atoms with Gasteiger partial charge in [0.05, 0.1) is 0 Å². The Hall–Kier alpha value is -1.32. The summed E-state index contributed by atoms with van der Waals surface area (Å²) in [4.78, 5) is 21.2. The van der Waals surface area contributed by atoms with Gasteiger partial charge in [-0.05, 0) is 12.5 Å². The Balaban J connectivity index is 2.71. The Morgan fingerprint density at radius 2 is 2.20 bits per heavy atom. The van der Waals surface area contributed by atoms with Gasteiger partial charge in [0.15, 0.2) is 0 Å². The third kappa shape index (κ3) is 1.58. The van der Waals surface area contributed by atoms with Crippen molar-refractivity contribution in [2.24, 2.45) is 0 Å². The molecule has 0 aromatic rings. The molecule has 3 amide bonds. The van der Waals surface area contributed by atoms with Gasteiger partial charge in [-0.3, -0.25) is 10.1 Å². The molecule has 0 aliphatic carbocycles. The molecule has 0 aromatic heterocycles. The Bertz CT molecular complexity index is 208. The molecule has 0 saturated heterocycles. The summed E-state index contributed by atoms with van der Waals surface area (Å²) in [6, 6.07) is -0.457. The fraction of sp³-hybridized carbons (Fsp3) is 0.333. The summed E-state index contributed by atoms with van der Waals surface area (Å²) in [5, 5.41) is 4.52. The average Bonchev–Trinajstić information content (AvgIpc) is 1.93. The third-order valence-electron chi connectivity index (χ3n) is 1.14. The normalized spacial score (nSPS) is 18.7. The summed E-state index contributed by atoms with van der Waals surface area (Å²) in [5.74, 6) is -0.260. The molecule has 0 fully saturated rings. The van der Waals surface area contributed by atoms with Gasteiger partial charge in [0, 0.05) is 12.6 Å². The second-order valence-corrected chi connectivity index (χ2v) is 2.19. The van der Waals surface area contributed by atoms with E-state index in [2.05, 4.69) is 10.6 Å². The van der Waals surface area contributed by atoms with E-state index in [9.17, 15) is 9.59 Å². The maximum Gasteiger partial charge on any atom is 0.325 e. The van der Waals surface area contributed by atoms with E-state index >= 15 is 0 Å². The number of imide groups is 1. The van der Waals surface area contributed by atoms with E-state index < -0.39 is 6.03 Å². The zero-order valence-electron chi connectivity index (χ0n) is 5.60. The summed E-state index contributed by atoms with van der Waals surface area (Å²) in [6.07, 6.45) is 1.82. The van der Waals surface area contributed by atoms with Crippen molar-refractivity contribution in [2.75, 3.05) is 0 Å². The van der Waals surface area contributed by atoms with Crippen LogP contribution in [0, 0.1) is 0 Å². The van der Waals surface area contributed by atoms with E-state index in [1.54, 1.807) is 6.92 Å². The molecule has 0 aromatic carbocycles. The largest absolute Gasteiger partial charge is 0.325 e. The number of urea groups is 1. The SMILES string of the molecule is CC1=CNC(=O)NC(=O)C1. The third-order valence-corrected chi connectivity index (χ3v) is 1.14. The molecule has 10 heavy (non-hydrogen) atoms. The van der Waals surface area contributed by atoms with Crippen LogP contribution in [0.4, 0.5) is 4.79 Å². The highest BCUT2D eigenvalue weighted by atomic mass is 16.2. The molecular formula is C6H8N2O2. The van der Waals surface area contributed by atoms with Crippen molar-refractivity contribution in [3.8, 4) is 0 Å². The van der Waals surface area contributed by atoms with Crippen LogP contribution in [-0.4, -0.2) is 11.9 Å². The van der Waals surface area contributed by atoms with Crippen molar-refractivity contribution in [1.82, 2.24) is 10.6 Å². The Morgan fingerprint density at radius 1 is 1.50 bits per heavy atom. The second kappa shape index (κ2) is 2.51. The van der Waals surface area contributed by atoms with Gasteiger partial charge in [-0.1, -0.05) is 0 Å². The molecule has 0 unspecified atom stereocenters. The van der Waals surface area contributed by atoms with Crippen molar-refractivity contribution >= 4 is 11.9 Å². The lowest BCUT2D eigenvalue weighted by Crippen LogP contribution is -2.34. The molecule has 1 aliphatic rings. The maximum atomic E-state index is 10.7. The van der Waals surface area contributed by atoms with Crippen molar-refractivity contribution < 1.29 is 9.59 Å². The molecule has 1 rings (SSSR count). The van der Waals surface area contributed by atoms with Crippen molar-refractivity contribution in [2.45, 2.75) is 13.3 Å². The minimum Gasteiger partial charge on any atom is -0.314 e. The highest BCUT2D eigenvalue weighted by Gasteiger charge is 2.10. The van der Waals surface area contributed by atoms with Crippen LogP contribution < -0.4 is 10.6 Å². The van der Waals surface area contributed by atoms with Gasteiger partial charge in [-0.25, -0.2) is 4.79 Å². The first kappa shape index (κ1) is 6.80. The van der Waals surface area contributed by atoms with E-state index in [-0.39, 0.29) is 5.91 Å². The van der Waals surface area contributed by atoms with Gasteiger partial charge >= 0.3 is 6.03 Å². The smallest absolute Gasteiger partial charge is 0.314 e. The second-order valence-electron chi connectivity index (χ2n) is 2.19. The van der Waals surface area contributed by atoms with Gasteiger partial charge in [0.2, 0.25) is 5.91 Å². The van der Waals surface area contributed by atoms with E-state index in [0.29, 0.717) is 6.42 Å². The molecule has 4 nitrogen and oxygen atoms in total. The number of carbonyl (C=O) groups excluding carboxylic acids is 2. The summed E-state index contributed by atoms with van der Waals surface area (Å²) in [5.41, 5.74) is 0.850. The average molecular weight is 140 g/mol. The van der Waals surface area contributed by atoms with Crippen LogP contribution in [0.3, 0.4) is 0 Å². The molecule has 0 atom stereocenters. The Labute approximate surface area is 58.3 Å². The van der Waals surface area contributed by atoms with Crippen molar-refractivity contribution in [1.29, 1.82) is 0 Å². The summed E-state index contributed by atoms with van der Waals surface area (Å²) < 4.78 is 0. The van der Waals surface area contributed by atoms with E-state index in [1.165, 1.54) is 6.20 Å². The van der Waals surface area contributed by atoms with Gasteiger partial charge in [0.25, 0.3) is 0 Å². The summed E-state index contributed by atoms with van der Waals surface area (Å²) >= 11 is 0. The van der Waals surface area contributed by atoms with Gasteiger partial charge in [-0.15, -0.1) is 0 Å². The van der Waals surface area contributed by atoms with Gasteiger partial charge < -0.3 is 5.32 Å². The van der Waals surface area contributed by atoms with E-state index in [4.69, 9.17) is 0 Å². The highest BCUT2D eigenvalue weighted by Crippen LogP contribution is 1.99. The first-order valence-electron chi connectivity index (χ1n) is 2.94. The number of carbonyl (C=O) groups is 2. The predicted octanol–water partition coefficient (Wildman–Crippen LogP) is 0.120. The first-order chi connectivity index (χ1) is 4.68. The molecule has 2 N–H and O–H groups in total. The molecule has 1 aliphatic heterocycles. The minimum absolute atomic E-state index is 0.260. The summed E-state index contributed by atoms with van der Waals surface area (Å²) in [7, 11) is 0. The minimum atomic E-state index is -0.457. The molecule has 1 heterocycles. The van der Waals surface area contributed by atoms with Crippen LogP contribution in [0.2, 0.25) is 0 Å². The zero-order chi connectivity index (χ0) is 7.56. The fourth-order valence-electron chi connectivity index (χ4n) is 0.700. The van der Waals surface area contributed by atoms with E-state index in [0.717, 1.165) is 5.57 Å². The standard InChI is InChI=1S/C6H8N2O2/c1-4-2-5(9)8-6(10)7-3-4/h3H,2H2,1H3,(H2,7,8,9,10). The van der Waals surface area contributed by atoms with Crippen LogP contribution in [0.25, 0.3) is 0 Å². The van der Waals surface area contributed by atoms with Crippen molar-refractivity contribution in [3.05, 3.63) is 11.8 Å². The van der Waals surface area contributed by atoms with Gasteiger partial charge in [-0.2, -0.15) is 0 Å². The molecule has 0 bridgehead atoms. The van der Waals surface area contributed by atoms with Crippen LogP contribution in [0.1, 0.15) is 13.3 Å². The molecule has 0 spiro atoms. The number of rotatable bonds is 0. The quantitative estimate of drug-likeness (QED) is 0.502. The molecular weight excluding hydrogens is 132 g/mol. The number of nitrogens with one attached hydrogen (secondary N) is 2. The maximum absolute atomic E-state index is 10.7. The lowest BCUT2D eigenvalue weighted by atomic mass is 10.2. The molecule has 4 heteroatoms. The lowest BCUT2D eigenvalue weighted by molar-refractivity contribution is -0.119. The van der Waals surface area contributed by atoms with E-state index in [1.807, 2.05) is 0 Å². The Morgan fingerprint density at radius 3 is 2.90 bits per heavy atom. The fourth-order valence-corrected chi connectivity index (χ4v) is 0.700. The molecule has 0 radical (unpaired) electrons. The number of hydrogen-bond donors (Lipinski definition) is 2. The van der Waals surface area contributed by atoms with Crippen LogP contribution in [-0.2, 0) is 4.79 Å². The monoisotopic (exact) mass is 140 g/mol. The number of hydrogen-bond acceptors (Lipinski definition) is 2. The molecule has 54 valence electrons. The predicted molar refractivity (Wildman–Crippen MR) is 35.0 cm³/mol. The lowest BCUT2D eigenvalue weighted by Gasteiger charge is -1.94. The summed E-state index contributed by atoms with van der Waals surface area (Å²) in [6.45, 7) is 1.78. The highest BCUT2D eigenvalue weighted by molar-refractivity contribution is 5.96. The zero-order valence-corrected chi connectivity index (χ0v) is 5.60. The topological polar surface area (TPSA) is 58.2 Å². The van der Waals surface area contributed by atoms with Crippen LogP contribution in [0.15, 0.2) is 11.8 Å². The van der Waals surface area contributed by atoms with Crippen molar-refractivity contribution in [3.63, 3.8) is 0 Å². The number of amides is 3. The Kier molecular flexibility index (Phi) is 1.71. The molecule has 0 saturated carbocycles. The van der Waals surface area contributed by atoms with Crippen LogP contribution >= 0.6 is 0 Å². The van der Waals surface area contributed by atoms with Gasteiger partial charge in [0.1, 0.15) is 0 Å². The van der Waals surface area contributed by atoms with Crippen LogP contribution in [0.5, 0.6) is 0 Å².